The molecule has 0 aliphatic carbocycles. The number of aromatic amines is 1. The van der Waals surface area contributed by atoms with Crippen LogP contribution in [0.4, 0.5) is 0 Å². The molecule has 1 aromatic heterocycles. The number of nitrogens with one attached hydrogen (secondary N) is 3. The number of ether oxygens (including phenoxy) is 1. The number of hydrogen-bond donors (Lipinski definition) is 3. The molecule has 1 aliphatic rings. The van der Waals surface area contributed by atoms with Crippen molar-refractivity contribution in [2.24, 2.45) is 4.99 Å². The minimum Gasteiger partial charge on any atom is -0.379 e. The Hall–Kier alpha value is -1.32. The maximum absolute atomic E-state index is 5.55. The van der Waals surface area contributed by atoms with Gasteiger partial charge in [0.25, 0.3) is 0 Å². The Kier molecular flexibility index (Phi) is 9.71. The van der Waals surface area contributed by atoms with Crippen LogP contribution in [0.1, 0.15) is 32.0 Å². The van der Waals surface area contributed by atoms with Gasteiger partial charge in [-0.15, -0.1) is 24.0 Å². The molecule has 1 aliphatic heterocycles. The van der Waals surface area contributed by atoms with Gasteiger partial charge in [-0.1, -0.05) is 18.2 Å². The molecule has 2 aromatic rings. The standard InChI is InChI=1S/C22H35N5O.HI/c1-5-23-22(25-14-16(2)27-12-13-28-15-17(27)3)24-11-10-19-18(4)26-21-9-7-6-8-20(19)21;/h6-9,16-17,26H,5,10-15H2,1-4H3,(H2,23,24,25);1H. The van der Waals surface area contributed by atoms with Crippen molar-refractivity contribution in [3.63, 3.8) is 0 Å². The number of aryl methyl sites for hydroxylation is 1. The van der Waals surface area contributed by atoms with Crippen molar-refractivity contribution in [1.29, 1.82) is 0 Å². The molecule has 1 aromatic carbocycles. The number of morpholine rings is 1. The van der Waals surface area contributed by atoms with Crippen LogP contribution >= 0.6 is 24.0 Å². The van der Waals surface area contributed by atoms with Gasteiger partial charge in [0, 0.05) is 48.3 Å². The molecule has 0 radical (unpaired) electrons. The molecule has 1 fully saturated rings. The summed E-state index contributed by atoms with van der Waals surface area (Å²) in [6.07, 6.45) is 0.969. The van der Waals surface area contributed by atoms with E-state index in [0.717, 1.165) is 51.8 Å². The predicted molar refractivity (Wildman–Crippen MR) is 133 cm³/mol. The molecule has 3 rings (SSSR count). The van der Waals surface area contributed by atoms with Crippen LogP contribution < -0.4 is 10.6 Å². The monoisotopic (exact) mass is 513 g/mol. The molecule has 2 unspecified atom stereocenters. The average molecular weight is 513 g/mol. The lowest BCUT2D eigenvalue weighted by Gasteiger charge is -2.37. The molecule has 0 saturated carbocycles. The molecule has 2 atom stereocenters. The first-order valence-corrected chi connectivity index (χ1v) is 10.5. The second-order valence-electron chi connectivity index (χ2n) is 7.68. The number of rotatable bonds is 7. The quantitative estimate of drug-likeness (QED) is 0.302. The summed E-state index contributed by atoms with van der Waals surface area (Å²) in [6.45, 7) is 13.9. The lowest BCUT2D eigenvalue weighted by molar-refractivity contribution is -0.0165. The second-order valence-corrected chi connectivity index (χ2v) is 7.68. The minimum atomic E-state index is 0. The molecular formula is C22H36IN5O. The molecule has 2 heterocycles. The van der Waals surface area contributed by atoms with Gasteiger partial charge in [-0.3, -0.25) is 9.89 Å². The van der Waals surface area contributed by atoms with Crippen LogP contribution in [0, 0.1) is 6.92 Å². The Bertz CT molecular complexity index is 791. The van der Waals surface area contributed by atoms with Crippen LogP contribution in [-0.4, -0.2) is 67.3 Å². The lowest BCUT2D eigenvalue weighted by Crippen LogP contribution is -2.49. The van der Waals surface area contributed by atoms with Gasteiger partial charge in [0.2, 0.25) is 0 Å². The van der Waals surface area contributed by atoms with Crippen LogP contribution in [0.25, 0.3) is 10.9 Å². The number of H-pyrrole nitrogens is 1. The van der Waals surface area contributed by atoms with Crippen LogP contribution in [0.2, 0.25) is 0 Å². The van der Waals surface area contributed by atoms with Gasteiger partial charge >= 0.3 is 0 Å². The van der Waals surface area contributed by atoms with E-state index < -0.39 is 0 Å². The van der Waals surface area contributed by atoms with Gasteiger partial charge in [-0.2, -0.15) is 0 Å². The number of hydrogen-bond acceptors (Lipinski definition) is 3. The van der Waals surface area contributed by atoms with Crippen molar-refractivity contribution in [2.75, 3.05) is 39.4 Å². The highest BCUT2D eigenvalue weighted by molar-refractivity contribution is 14.0. The van der Waals surface area contributed by atoms with E-state index in [1.54, 1.807) is 0 Å². The smallest absolute Gasteiger partial charge is 0.191 e. The summed E-state index contributed by atoms with van der Waals surface area (Å²) in [6, 6.07) is 9.38. The summed E-state index contributed by atoms with van der Waals surface area (Å²) in [5.74, 6) is 0.896. The van der Waals surface area contributed by atoms with E-state index in [1.807, 2.05) is 0 Å². The Balaban J connectivity index is 0.00000300. The molecule has 162 valence electrons. The van der Waals surface area contributed by atoms with Gasteiger partial charge in [-0.05, 0) is 45.7 Å². The fourth-order valence-electron chi connectivity index (χ4n) is 4.03. The van der Waals surface area contributed by atoms with Gasteiger partial charge in [0.1, 0.15) is 0 Å². The number of guanidine groups is 1. The van der Waals surface area contributed by atoms with Crippen molar-refractivity contribution in [3.05, 3.63) is 35.5 Å². The zero-order valence-corrected chi connectivity index (χ0v) is 20.5. The molecule has 1 saturated heterocycles. The van der Waals surface area contributed by atoms with Crippen molar-refractivity contribution >= 4 is 40.8 Å². The van der Waals surface area contributed by atoms with Gasteiger partial charge in [0.15, 0.2) is 5.96 Å². The summed E-state index contributed by atoms with van der Waals surface area (Å²) in [7, 11) is 0. The Morgan fingerprint density at radius 3 is 2.90 bits per heavy atom. The number of para-hydroxylation sites is 1. The van der Waals surface area contributed by atoms with Crippen LogP contribution in [0.15, 0.2) is 29.3 Å². The maximum atomic E-state index is 5.55. The molecule has 0 amide bonds. The number of nitrogens with zero attached hydrogens (tertiary/aromatic N) is 2. The molecule has 3 N–H and O–H groups in total. The number of aromatic nitrogens is 1. The summed E-state index contributed by atoms with van der Waals surface area (Å²) >= 11 is 0. The minimum absolute atomic E-state index is 0. The maximum Gasteiger partial charge on any atom is 0.191 e. The van der Waals surface area contributed by atoms with E-state index in [-0.39, 0.29) is 24.0 Å². The largest absolute Gasteiger partial charge is 0.379 e. The van der Waals surface area contributed by atoms with E-state index in [2.05, 4.69) is 72.5 Å². The van der Waals surface area contributed by atoms with Crippen molar-refractivity contribution in [1.82, 2.24) is 20.5 Å². The Morgan fingerprint density at radius 2 is 2.14 bits per heavy atom. The predicted octanol–water partition coefficient (Wildman–Crippen LogP) is 3.30. The van der Waals surface area contributed by atoms with Crippen molar-refractivity contribution < 1.29 is 4.74 Å². The molecule has 0 bridgehead atoms. The zero-order chi connectivity index (χ0) is 19.9. The Morgan fingerprint density at radius 1 is 1.34 bits per heavy atom. The van der Waals surface area contributed by atoms with Gasteiger partial charge < -0.3 is 20.4 Å². The van der Waals surface area contributed by atoms with Crippen molar-refractivity contribution in [3.8, 4) is 0 Å². The zero-order valence-electron chi connectivity index (χ0n) is 18.1. The highest BCUT2D eigenvalue weighted by atomic mass is 127. The first-order chi connectivity index (χ1) is 13.6. The van der Waals surface area contributed by atoms with Crippen LogP contribution in [0.5, 0.6) is 0 Å². The molecule has 6 nitrogen and oxygen atoms in total. The average Bonchev–Trinajstić information content (AvgIpc) is 3.01. The van der Waals surface area contributed by atoms with E-state index >= 15 is 0 Å². The topological polar surface area (TPSA) is 64.7 Å². The molecular weight excluding hydrogens is 477 g/mol. The van der Waals surface area contributed by atoms with E-state index in [1.165, 1.54) is 22.2 Å². The van der Waals surface area contributed by atoms with Gasteiger partial charge in [-0.25, -0.2) is 0 Å². The molecule has 0 spiro atoms. The van der Waals surface area contributed by atoms with Crippen LogP contribution in [0.3, 0.4) is 0 Å². The third-order valence-corrected chi connectivity index (χ3v) is 5.54. The number of benzene rings is 1. The first-order valence-electron chi connectivity index (χ1n) is 10.5. The van der Waals surface area contributed by atoms with Gasteiger partial charge in [0.05, 0.1) is 19.8 Å². The normalized spacial score (nSPS) is 19.0. The lowest BCUT2D eigenvalue weighted by atomic mass is 10.1. The summed E-state index contributed by atoms with van der Waals surface area (Å²) in [5.41, 5.74) is 3.85. The highest BCUT2D eigenvalue weighted by Gasteiger charge is 2.23. The summed E-state index contributed by atoms with van der Waals surface area (Å²) in [5, 5.41) is 8.19. The highest BCUT2D eigenvalue weighted by Crippen LogP contribution is 2.21. The van der Waals surface area contributed by atoms with E-state index in [9.17, 15) is 0 Å². The third kappa shape index (κ3) is 6.33. The summed E-state index contributed by atoms with van der Waals surface area (Å²) < 4.78 is 5.55. The number of aliphatic imine (C=N–C) groups is 1. The van der Waals surface area contributed by atoms with Crippen LogP contribution in [-0.2, 0) is 11.2 Å². The molecule has 29 heavy (non-hydrogen) atoms. The van der Waals surface area contributed by atoms with E-state index in [4.69, 9.17) is 9.73 Å². The SMILES string of the molecule is CCNC(=NCC(C)N1CCOCC1C)NCCc1c(C)[nH]c2ccccc12.I. The van der Waals surface area contributed by atoms with Crippen molar-refractivity contribution in [2.45, 2.75) is 46.2 Å². The summed E-state index contributed by atoms with van der Waals surface area (Å²) in [4.78, 5) is 10.8. The molecule has 7 heteroatoms. The van der Waals surface area contributed by atoms with E-state index in [0.29, 0.717) is 12.1 Å². The number of halogens is 1. The fourth-order valence-corrected chi connectivity index (χ4v) is 4.03. The first kappa shape index (κ1) is 24.0. The fraction of sp³-hybridized carbons (Fsp3) is 0.591. The Labute approximate surface area is 191 Å². The number of fused-ring (bicyclic) bond motifs is 1. The third-order valence-electron chi connectivity index (χ3n) is 5.54. The second kappa shape index (κ2) is 11.8.